The van der Waals surface area contributed by atoms with Crippen molar-refractivity contribution in [2.75, 3.05) is 6.61 Å². The summed E-state index contributed by atoms with van der Waals surface area (Å²) in [6, 6.07) is 11.7. The Morgan fingerprint density at radius 3 is 2.69 bits per heavy atom. The van der Waals surface area contributed by atoms with Gasteiger partial charge in [-0.3, -0.25) is 5.10 Å². The number of aromatic nitrogens is 2. The summed E-state index contributed by atoms with van der Waals surface area (Å²) in [7, 11) is 0. The molecule has 1 heterocycles. The van der Waals surface area contributed by atoms with Crippen LogP contribution in [-0.4, -0.2) is 21.9 Å². The monoisotopic (exact) mass is 217 g/mol. The van der Waals surface area contributed by atoms with Gasteiger partial charge in [-0.05, 0) is 13.0 Å². The highest BCUT2D eigenvalue weighted by Gasteiger charge is 2.22. The number of hydrogen-bond acceptors (Lipinski definition) is 3. The minimum Gasteiger partial charge on any atom is -0.394 e. The molecule has 1 aromatic carbocycles. The third-order valence-electron chi connectivity index (χ3n) is 2.59. The van der Waals surface area contributed by atoms with Crippen LogP contribution in [-0.2, 0) is 5.54 Å². The Hall–Kier alpha value is -1.65. The van der Waals surface area contributed by atoms with Crippen molar-refractivity contribution in [2.45, 2.75) is 12.5 Å². The van der Waals surface area contributed by atoms with Gasteiger partial charge in [-0.2, -0.15) is 5.10 Å². The van der Waals surface area contributed by atoms with Gasteiger partial charge in [0.05, 0.1) is 23.5 Å². The van der Waals surface area contributed by atoms with Crippen LogP contribution < -0.4 is 5.73 Å². The van der Waals surface area contributed by atoms with Gasteiger partial charge in [0.1, 0.15) is 0 Å². The van der Waals surface area contributed by atoms with Crippen molar-refractivity contribution in [1.29, 1.82) is 0 Å². The van der Waals surface area contributed by atoms with Gasteiger partial charge in [0.25, 0.3) is 0 Å². The molecule has 0 amide bonds. The number of aromatic amines is 1. The highest BCUT2D eigenvalue weighted by molar-refractivity contribution is 5.59. The maximum absolute atomic E-state index is 9.15. The molecule has 0 saturated carbocycles. The van der Waals surface area contributed by atoms with Gasteiger partial charge in [-0.15, -0.1) is 0 Å². The molecule has 0 aliphatic rings. The van der Waals surface area contributed by atoms with E-state index in [9.17, 15) is 0 Å². The minimum absolute atomic E-state index is 0.122. The van der Waals surface area contributed by atoms with E-state index in [2.05, 4.69) is 10.2 Å². The number of hydrogen-bond donors (Lipinski definition) is 3. The Morgan fingerprint density at radius 1 is 1.38 bits per heavy atom. The van der Waals surface area contributed by atoms with Gasteiger partial charge < -0.3 is 10.8 Å². The number of nitrogens with one attached hydrogen (secondary N) is 1. The fourth-order valence-corrected chi connectivity index (χ4v) is 1.46. The topological polar surface area (TPSA) is 74.9 Å². The molecule has 0 aliphatic heterocycles. The van der Waals surface area contributed by atoms with Gasteiger partial charge in [0.15, 0.2) is 0 Å². The largest absolute Gasteiger partial charge is 0.394 e. The number of benzene rings is 1. The molecule has 84 valence electrons. The molecule has 0 radical (unpaired) electrons. The molecule has 0 spiro atoms. The Kier molecular flexibility index (Phi) is 2.77. The number of rotatable bonds is 3. The standard InChI is InChI=1S/C12H15N3O/c1-12(13,8-16)11-7-10(14-15-11)9-5-3-2-4-6-9/h2-7,16H,8,13H2,1H3,(H,14,15). The van der Waals surface area contributed by atoms with E-state index in [4.69, 9.17) is 10.8 Å². The normalized spacial score (nSPS) is 14.7. The fraction of sp³-hybridized carbons (Fsp3) is 0.250. The fourth-order valence-electron chi connectivity index (χ4n) is 1.46. The van der Waals surface area contributed by atoms with Crippen molar-refractivity contribution in [2.24, 2.45) is 5.73 Å². The van der Waals surface area contributed by atoms with Crippen LogP contribution >= 0.6 is 0 Å². The average Bonchev–Trinajstić information content (AvgIpc) is 2.80. The van der Waals surface area contributed by atoms with Gasteiger partial charge in [0.2, 0.25) is 0 Å². The third-order valence-corrected chi connectivity index (χ3v) is 2.59. The first-order valence-corrected chi connectivity index (χ1v) is 5.14. The van der Waals surface area contributed by atoms with Crippen LogP contribution in [0.5, 0.6) is 0 Å². The van der Waals surface area contributed by atoms with Crippen molar-refractivity contribution in [1.82, 2.24) is 10.2 Å². The molecule has 1 aromatic heterocycles. The first kappa shape index (κ1) is 10.9. The van der Waals surface area contributed by atoms with E-state index >= 15 is 0 Å². The second-order valence-electron chi connectivity index (χ2n) is 4.11. The lowest BCUT2D eigenvalue weighted by atomic mass is 10.00. The van der Waals surface area contributed by atoms with E-state index in [-0.39, 0.29) is 6.61 Å². The molecule has 0 saturated heterocycles. The van der Waals surface area contributed by atoms with E-state index in [0.717, 1.165) is 17.0 Å². The van der Waals surface area contributed by atoms with E-state index in [1.165, 1.54) is 0 Å². The molecule has 4 N–H and O–H groups in total. The van der Waals surface area contributed by atoms with Gasteiger partial charge in [-0.1, -0.05) is 30.3 Å². The maximum atomic E-state index is 9.15. The molecule has 2 rings (SSSR count). The summed E-state index contributed by atoms with van der Waals surface area (Å²) in [6.45, 7) is 1.64. The van der Waals surface area contributed by atoms with Crippen LogP contribution in [0.1, 0.15) is 12.6 Å². The number of H-pyrrole nitrogens is 1. The second-order valence-corrected chi connectivity index (χ2v) is 4.11. The van der Waals surface area contributed by atoms with Crippen LogP contribution in [0.2, 0.25) is 0 Å². The van der Waals surface area contributed by atoms with Crippen LogP contribution in [0.15, 0.2) is 36.4 Å². The van der Waals surface area contributed by atoms with E-state index in [1.54, 1.807) is 6.92 Å². The summed E-state index contributed by atoms with van der Waals surface area (Å²) < 4.78 is 0. The lowest BCUT2D eigenvalue weighted by molar-refractivity contribution is 0.206. The van der Waals surface area contributed by atoms with E-state index < -0.39 is 5.54 Å². The predicted octanol–water partition coefficient (Wildman–Crippen LogP) is 1.24. The second kappa shape index (κ2) is 4.08. The summed E-state index contributed by atoms with van der Waals surface area (Å²) in [6.07, 6.45) is 0. The summed E-state index contributed by atoms with van der Waals surface area (Å²) in [5, 5.41) is 16.2. The number of aliphatic hydroxyl groups excluding tert-OH is 1. The molecule has 2 aromatic rings. The molecule has 1 atom stereocenters. The highest BCUT2D eigenvalue weighted by Crippen LogP contribution is 2.21. The zero-order valence-corrected chi connectivity index (χ0v) is 9.14. The number of nitrogens with two attached hydrogens (primary N) is 1. The Morgan fingerprint density at radius 2 is 2.06 bits per heavy atom. The SMILES string of the molecule is CC(N)(CO)c1cc(-c2ccccc2)n[nH]1. The molecule has 0 aliphatic carbocycles. The van der Waals surface area contributed by atoms with Crippen molar-refractivity contribution in [3.63, 3.8) is 0 Å². The summed E-state index contributed by atoms with van der Waals surface area (Å²) >= 11 is 0. The average molecular weight is 217 g/mol. The zero-order chi connectivity index (χ0) is 11.6. The zero-order valence-electron chi connectivity index (χ0n) is 9.14. The van der Waals surface area contributed by atoms with Crippen LogP contribution in [0.25, 0.3) is 11.3 Å². The predicted molar refractivity (Wildman–Crippen MR) is 62.6 cm³/mol. The molecule has 0 bridgehead atoms. The highest BCUT2D eigenvalue weighted by atomic mass is 16.3. The van der Waals surface area contributed by atoms with E-state index in [0.29, 0.717) is 0 Å². The Bertz CT molecular complexity index is 462. The molecular weight excluding hydrogens is 202 g/mol. The van der Waals surface area contributed by atoms with Crippen molar-refractivity contribution in [3.8, 4) is 11.3 Å². The Labute approximate surface area is 94.1 Å². The van der Waals surface area contributed by atoms with Crippen LogP contribution in [0.4, 0.5) is 0 Å². The molecular formula is C12H15N3O. The molecule has 16 heavy (non-hydrogen) atoms. The third kappa shape index (κ3) is 1.98. The van der Waals surface area contributed by atoms with Gasteiger partial charge >= 0.3 is 0 Å². The lowest BCUT2D eigenvalue weighted by Crippen LogP contribution is -2.37. The summed E-state index contributed by atoms with van der Waals surface area (Å²) in [4.78, 5) is 0. The first-order chi connectivity index (χ1) is 7.63. The smallest absolute Gasteiger partial charge is 0.0924 e. The first-order valence-electron chi connectivity index (χ1n) is 5.14. The molecule has 1 unspecified atom stereocenters. The van der Waals surface area contributed by atoms with Crippen LogP contribution in [0.3, 0.4) is 0 Å². The molecule has 0 fully saturated rings. The molecule has 4 heteroatoms. The Balaban J connectivity index is 2.34. The molecule has 4 nitrogen and oxygen atoms in total. The van der Waals surface area contributed by atoms with E-state index in [1.807, 2.05) is 36.4 Å². The van der Waals surface area contributed by atoms with Crippen molar-refractivity contribution in [3.05, 3.63) is 42.1 Å². The van der Waals surface area contributed by atoms with Gasteiger partial charge in [-0.25, -0.2) is 0 Å². The summed E-state index contributed by atoms with van der Waals surface area (Å²) in [5.74, 6) is 0. The van der Waals surface area contributed by atoms with Gasteiger partial charge in [0, 0.05) is 5.56 Å². The minimum atomic E-state index is -0.778. The number of aliphatic hydroxyl groups is 1. The number of nitrogens with zero attached hydrogens (tertiary/aromatic N) is 1. The maximum Gasteiger partial charge on any atom is 0.0924 e. The van der Waals surface area contributed by atoms with Crippen molar-refractivity contribution >= 4 is 0 Å². The summed E-state index contributed by atoms with van der Waals surface area (Å²) in [5.41, 5.74) is 7.72. The van der Waals surface area contributed by atoms with Crippen molar-refractivity contribution < 1.29 is 5.11 Å². The quantitative estimate of drug-likeness (QED) is 0.724. The lowest BCUT2D eigenvalue weighted by Gasteiger charge is -2.18. The van der Waals surface area contributed by atoms with Crippen LogP contribution in [0, 0.1) is 0 Å².